The van der Waals surface area contributed by atoms with Gasteiger partial charge in [0.1, 0.15) is 5.75 Å². The first-order chi connectivity index (χ1) is 13.1. The van der Waals surface area contributed by atoms with Crippen molar-refractivity contribution in [1.82, 2.24) is 0 Å². The second kappa shape index (κ2) is 10.8. The van der Waals surface area contributed by atoms with Crippen LogP contribution in [0.3, 0.4) is 0 Å². The minimum absolute atomic E-state index is 0.248. The minimum atomic E-state index is -0.360. The maximum atomic E-state index is 12.0. The van der Waals surface area contributed by atoms with Gasteiger partial charge in [-0.25, -0.2) is 4.79 Å². The number of esters is 1. The van der Waals surface area contributed by atoms with Gasteiger partial charge in [0.2, 0.25) is 5.91 Å². The summed E-state index contributed by atoms with van der Waals surface area (Å²) >= 11 is 0. The van der Waals surface area contributed by atoms with E-state index in [2.05, 4.69) is 12.2 Å². The van der Waals surface area contributed by atoms with E-state index in [1.807, 2.05) is 31.2 Å². The highest BCUT2D eigenvalue weighted by Gasteiger charge is 2.06. The molecule has 0 atom stereocenters. The molecule has 0 heterocycles. The Morgan fingerprint density at radius 3 is 2.22 bits per heavy atom. The molecule has 0 unspecified atom stereocenters. The van der Waals surface area contributed by atoms with Gasteiger partial charge in [0.15, 0.2) is 0 Å². The van der Waals surface area contributed by atoms with E-state index in [1.54, 1.807) is 30.3 Å². The molecule has 1 amide bonds. The van der Waals surface area contributed by atoms with Crippen LogP contribution in [0.5, 0.6) is 5.75 Å². The number of rotatable bonds is 9. The van der Waals surface area contributed by atoms with E-state index >= 15 is 0 Å². The smallest absolute Gasteiger partial charge is 0.338 e. The lowest BCUT2D eigenvalue weighted by molar-refractivity contribution is -0.111. The lowest BCUT2D eigenvalue weighted by atomic mass is 10.2. The van der Waals surface area contributed by atoms with Crippen molar-refractivity contribution >= 4 is 23.6 Å². The largest absolute Gasteiger partial charge is 0.494 e. The minimum Gasteiger partial charge on any atom is -0.494 e. The number of hydrogen-bond donors (Lipinski definition) is 1. The van der Waals surface area contributed by atoms with E-state index in [9.17, 15) is 9.59 Å². The highest BCUT2D eigenvalue weighted by molar-refractivity contribution is 6.02. The quantitative estimate of drug-likeness (QED) is 0.516. The first-order valence-corrected chi connectivity index (χ1v) is 9.11. The van der Waals surface area contributed by atoms with Gasteiger partial charge in [0, 0.05) is 11.8 Å². The normalized spacial score (nSPS) is 10.6. The Kier molecular flexibility index (Phi) is 8.10. The standard InChI is InChI=1S/C22H25NO4/c1-3-15-26-20-12-5-17(6-13-20)7-14-21(24)23-19-10-8-18(9-11-19)22(25)27-16-4-2/h5-14H,3-4,15-16H2,1-2H3,(H,23,24)/b14-7+. The third-order valence-electron chi connectivity index (χ3n) is 3.61. The van der Waals surface area contributed by atoms with E-state index in [4.69, 9.17) is 9.47 Å². The number of ether oxygens (including phenoxy) is 2. The highest BCUT2D eigenvalue weighted by atomic mass is 16.5. The van der Waals surface area contributed by atoms with Gasteiger partial charge in [-0.15, -0.1) is 0 Å². The summed E-state index contributed by atoms with van der Waals surface area (Å²) in [6, 6.07) is 14.2. The van der Waals surface area contributed by atoms with Crippen LogP contribution in [0.1, 0.15) is 42.6 Å². The summed E-state index contributed by atoms with van der Waals surface area (Å²) in [5.74, 6) is 0.208. The summed E-state index contributed by atoms with van der Waals surface area (Å²) in [5.41, 5.74) is 1.98. The molecule has 2 aromatic rings. The molecule has 0 fully saturated rings. The van der Waals surface area contributed by atoms with Crippen molar-refractivity contribution in [3.05, 3.63) is 65.7 Å². The first kappa shape index (κ1) is 20.2. The number of amides is 1. The van der Waals surface area contributed by atoms with Gasteiger partial charge in [-0.05, 0) is 60.9 Å². The monoisotopic (exact) mass is 367 g/mol. The molecule has 142 valence electrons. The molecule has 0 aliphatic carbocycles. The predicted octanol–water partition coefficient (Wildman–Crippen LogP) is 4.69. The van der Waals surface area contributed by atoms with Gasteiger partial charge >= 0.3 is 5.97 Å². The molecule has 0 radical (unpaired) electrons. The molecular formula is C22H25NO4. The Morgan fingerprint density at radius 1 is 0.926 bits per heavy atom. The van der Waals surface area contributed by atoms with E-state index in [-0.39, 0.29) is 11.9 Å². The van der Waals surface area contributed by atoms with Crippen LogP contribution in [0.25, 0.3) is 6.08 Å². The van der Waals surface area contributed by atoms with Crippen molar-refractivity contribution in [2.45, 2.75) is 26.7 Å². The SMILES string of the molecule is CCCOC(=O)c1ccc(NC(=O)/C=C/c2ccc(OCCC)cc2)cc1. The Morgan fingerprint density at radius 2 is 1.59 bits per heavy atom. The topological polar surface area (TPSA) is 64.6 Å². The van der Waals surface area contributed by atoms with Gasteiger partial charge in [0.25, 0.3) is 0 Å². The number of hydrogen-bond acceptors (Lipinski definition) is 4. The highest BCUT2D eigenvalue weighted by Crippen LogP contribution is 2.14. The van der Waals surface area contributed by atoms with Crippen LogP contribution < -0.4 is 10.1 Å². The maximum absolute atomic E-state index is 12.0. The van der Waals surface area contributed by atoms with Crippen molar-refractivity contribution < 1.29 is 19.1 Å². The summed E-state index contributed by atoms with van der Waals surface area (Å²) in [4.78, 5) is 23.8. The molecular weight excluding hydrogens is 342 g/mol. The lowest BCUT2D eigenvalue weighted by Crippen LogP contribution is -2.09. The lowest BCUT2D eigenvalue weighted by Gasteiger charge is -2.05. The molecule has 0 saturated heterocycles. The van der Waals surface area contributed by atoms with Gasteiger partial charge in [-0.3, -0.25) is 4.79 Å². The van der Waals surface area contributed by atoms with Crippen LogP contribution in [0.2, 0.25) is 0 Å². The average Bonchev–Trinajstić information content (AvgIpc) is 2.70. The molecule has 2 aromatic carbocycles. The molecule has 0 aliphatic rings. The van der Waals surface area contributed by atoms with Gasteiger partial charge in [-0.1, -0.05) is 26.0 Å². The van der Waals surface area contributed by atoms with Crippen LogP contribution in [0, 0.1) is 0 Å². The molecule has 27 heavy (non-hydrogen) atoms. The van der Waals surface area contributed by atoms with Crippen LogP contribution in [-0.4, -0.2) is 25.1 Å². The Labute approximate surface area is 160 Å². The fourth-order valence-corrected chi connectivity index (χ4v) is 2.22. The Bertz CT molecular complexity index is 764. The summed E-state index contributed by atoms with van der Waals surface area (Å²) in [5, 5.41) is 2.76. The van der Waals surface area contributed by atoms with Gasteiger partial charge < -0.3 is 14.8 Å². The maximum Gasteiger partial charge on any atom is 0.338 e. The van der Waals surface area contributed by atoms with Crippen molar-refractivity contribution in [1.29, 1.82) is 0 Å². The Balaban J connectivity index is 1.87. The van der Waals surface area contributed by atoms with Crippen molar-refractivity contribution in [3.63, 3.8) is 0 Å². The van der Waals surface area contributed by atoms with Crippen LogP contribution in [0.4, 0.5) is 5.69 Å². The van der Waals surface area contributed by atoms with Gasteiger partial charge in [-0.2, -0.15) is 0 Å². The summed E-state index contributed by atoms with van der Waals surface area (Å²) in [6.07, 6.45) is 4.93. The van der Waals surface area contributed by atoms with E-state index in [0.717, 1.165) is 24.2 Å². The van der Waals surface area contributed by atoms with E-state index < -0.39 is 0 Å². The van der Waals surface area contributed by atoms with Crippen molar-refractivity contribution in [2.75, 3.05) is 18.5 Å². The zero-order chi connectivity index (χ0) is 19.5. The van der Waals surface area contributed by atoms with Crippen LogP contribution in [-0.2, 0) is 9.53 Å². The van der Waals surface area contributed by atoms with Crippen molar-refractivity contribution in [3.8, 4) is 5.75 Å². The molecule has 0 aliphatic heterocycles. The first-order valence-electron chi connectivity index (χ1n) is 9.11. The second-order valence-corrected chi connectivity index (χ2v) is 5.95. The van der Waals surface area contributed by atoms with Crippen LogP contribution in [0.15, 0.2) is 54.6 Å². The molecule has 2 rings (SSSR count). The Hall–Kier alpha value is -3.08. The number of benzene rings is 2. The number of nitrogens with one attached hydrogen (secondary N) is 1. The predicted molar refractivity (Wildman–Crippen MR) is 107 cm³/mol. The number of carbonyl (C=O) groups excluding carboxylic acids is 2. The molecule has 5 heteroatoms. The van der Waals surface area contributed by atoms with E-state index in [0.29, 0.717) is 24.5 Å². The number of anilines is 1. The summed E-state index contributed by atoms with van der Waals surface area (Å²) in [7, 11) is 0. The summed E-state index contributed by atoms with van der Waals surface area (Å²) < 4.78 is 10.6. The molecule has 0 bridgehead atoms. The molecule has 5 nitrogen and oxygen atoms in total. The fraction of sp³-hybridized carbons (Fsp3) is 0.273. The molecule has 0 saturated carbocycles. The second-order valence-electron chi connectivity index (χ2n) is 5.95. The van der Waals surface area contributed by atoms with Crippen molar-refractivity contribution in [2.24, 2.45) is 0 Å². The number of carbonyl (C=O) groups is 2. The third kappa shape index (κ3) is 6.98. The van der Waals surface area contributed by atoms with E-state index in [1.165, 1.54) is 6.08 Å². The fourth-order valence-electron chi connectivity index (χ4n) is 2.22. The third-order valence-corrected chi connectivity index (χ3v) is 3.61. The zero-order valence-electron chi connectivity index (χ0n) is 15.7. The average molecular weight is 367 g/mol. The molecule has 0 aromatic heterocycles. The summed E-state index contributed by atoms with van der Waals surface area (Å²) in [6.45, 7) is 5.08. The molecule has 0 spiro atoms. The van der Waals surface area contributed by atoms with Gasteiger partial charge in [0.05, 0.1) is 18.8 Å². The zero-order valence-corrected chi connectivity index (χ0v) is 15.7. The molecule has 1 N–H and O–H groups in total. The van der Waals surface area contributed by atoms with Crippen LogP contribution >= 0.6 is 0 Å².